The summed E-state index contributed by atoms with van der Waals surface area (Å²) >= 11 is 0. The van der Waals surface area contributed by atoms with Crippen LogP contribution in [0, 0.1) is 10.8 Å². The molecular weight excluding hydrogens is 670 g/mol. The Bertz CT molecular complexity index is 1130. The van der Waals surface area contributed by atoms with Gasteiger partial charge >= 0.3 is 0 Å². The van der Waals surface area contributed by atoms with Gasteiger partial charge in [0.1, 0.15) is 17.9 Å². The maximum Gasteiger partial charge on any atom is 0.222 e. The first-order valence-corrected chi connectivity index (χ1v) is 18.9. The van der Waals surface area contributed by atoms with Crippen LogP contribution >= 0.6 is 0 Å². The summed E-state index contributed by atoms with van der Waals surface area (Å²) < 4.78 is 36.4. The Balaban J connectivity index is 1.77. The van der Waals surface area contributed by atoms with Gasteiger partial charge in [-0.25, -0.2) is 4.68 Å². The number of hydrogen-bond acceptors (Lipinski definition) is 12. The van der Waals surface area contributed by atoms with E-state index in [2.05, 4.69) is 67.6 Å². The lowest BCUT2D eigenvalue weighted by atomic mass is 9.92. The van der Waals surface area contributed by atoms with Gasteiger partial charge in [-0.1, -0.05) is 32.9 Å². The van der Waals surface area contributed by atoms with E-state index in [4.69, 9.17) is 28.4 Å². The van der Waals surface area contributed by atoms with Gasteiger partial charge in [0.05, 0.1) is 51.9 Å². The molecule has 302 valence electrons. The van der Waals surface area contributed by atoms with Gasteiger partial charge in [-0.15, -0.1) is 5.10 Å². The number of carbonyl (C=O) groups excluding carboxylic acids is 2. The second-order valence-corrected chi connectivity index (χ2v) is 15.5. The van der Waals surface area contributed by atoms with Crippen LogP contribution in [0.25, 0.3) is 0 Å². The molecule has 0 saturated heterocycles. The molecule has 0 spiro atoms. The van der Waals surface area contributed by atoms with Crippen molar-refractivity contribution in [1.29, 1.82) is 0 Å². The van der Waals surface area contributed by atoms with Crippen LogP contribution in [0.2, 0.25) is 0 Å². The van der Waals surface area contributed by atoms with Crippen molar-refractivity contribution in [2.45, 2.75) is 85.0 Å². The molecule has 1 aromatic heterocycles. The lowest BCUT2D eigenvalue weighted by Crippen LogP contribution is -2.44. The number of amides is 2. The van der Waals surface area contributed by atoms with Crippen molar-refractivity contribution in [3.05, 3.63) is 11.4 Å². The van der Waals surface area contributed by atoms with Crippen LogP contribution in [-0.2, 0) is 51.0 Å². The second-order valence-electron chi connectivity index (χ2n) is 15.5. The maximum atomic E-state index is 13.4. The van der Waals surface area contributed by atoms with Crippen LogP contribution < -0.4 is 10.6 Å². The fourth-order valence-corrected chi connectivity index (χ4v) is 6.36. The van der Waals surface area contributed by atoms with Crippen molar-refractivity contribution >= 4 is 11.8 Å². The van der Waals surface area contributed by atoms with E-state index in [1.54, 1.807) is 14.2 Å². The van der Waals surface area contributed by atoms with Gasteiger partial charge in [0.15, 0.2) is 0 Å². The van der Waals surface area contributed by atoms with Crippen LogP contribution in [0.5, 0.6) is 0 Å². The molecule has 0 saturated carbocycles. The number of nitrogens with one attached hydrogen (secondary N) is 2. The third kappa shape index (κ3) is 18.2. The van der Waals surface area contributed by atoms with Gasteiger partial charge in [0.2, 0.25) is 11.8 Å². The number of hydrogen-bond donors (Lipinski definition) is 2. The van der Waals surface area contributed by atoms with E-state index in [1.807, 2.05) is 16.6 Å². The summed E-state index contributed by atoms with van der Waals surface area (Å²) in [6, 6.07) is 0. The van der Waals surface area contributed by atoms with E-state index in [0.29, 0.717) is 91.7 Å². The van der Waals surface area contributed by atoms with Gasteiger partial charge in [0.25, 0.3) is 0 Å². The fraction of sp³-hybridized carbons (Fsp3) is 0.892. The van der Waals surface area contributed by atoms with Gasteiger partial charge < -0.3 is 48.9 Å². The molecule has 0 radical (unpaired) electrons. The van der Waals surface area contributed by atoms with Crippen LogP contribution in [0.3, 0.4) is 0 Å². The first-order chi connectivity index (χ1) is 24.8. The Labute approximate surface area is 313 Å². The van der Waals surface area contributed by atoms with E-state index >= 15 is 0 Å². The summed E-state index contributed by atoms with van der Waals surface area (Å²) in [6.45, 7) is 17.3. The van der Waals surface area contributed by atoms with E-state index in [0.717, 1.165) is 37.5 Å². The predicted octanol–water partition coefficient (Wildman–Crippen LogP) is 2.33. The van der Waals surface area contributed by atoms with E-state index in [1.165, 1.54) is 0 Å². The molecule has 15 heteroatoms. The van der Waals surface area contributed by atoms with Gasteiger partial charge in [0, 0.05) is 83.7 Å². The Hall–Kier alpha value is -2.24. The van der Waals surface area contributed by atoms with Crippen molar-refractivity contribution in [3.8, 4) is 0 Å². The smallest absolute Gasteiger partial charge is 0.222 e. The Kier molecular flexibility index (Phi) is 22.0. The Morgan fingerprint density at radius 3 is 2.10 bits per heavy atom. The topological polar surface area (TPSA) is 151 Å². The molecule has 0 aliphatic carbocycles. The predicted molar refractivity (Wildman–Crippen MR) is 200 cm³/mol. The summed E-state index contributed by atoms with van der Waals surface area (Å²) in [7, 11) is 9.33. The molecule has 2 atom stereocenters. The zero-order valence-corrected chi connectivity index (χ0v) is 33.8. The quantitative estimate of drug-likeness (QED) is 0.121. The summed E-state index contributed by atoms with van der Waals surface area (Å²) in [5.41, 5.74) is 1.51. The average Bonchev–Trinajstić information content (AvgIpc) is 3.44. The fourth-order valence-electron chi connectivity index (χ4n) is 6.36. The molecule has 1 aliphatic rings. The third-order valence-electron chi connectivity index (χ3n) is 8.75. The number of methoxy groups -OCH3 is 2. The normalized spacial score (nSPS) is 16.9. The zero-order chi connectivity index (χ0) is 38.4. The second kappa shape index (κ2) is 25.0. The number of fused-ring (bicyclic) bond motifs is 1. The first kappa shape index (κ1) is 45.9. The minimum Gasteiger partial charge on any atom is -0.380 e. The van der Waals surface area contributed by atoms with Crippen LogP contribution in [0.4, 0.5) is 0 Å². The minimum atomic E-state index is -0.476. The molecule has 2 amide bonds. The van der Waals surface area contributed by atoms with Gasteiger partial charge in [-0.3, -0.25) is 9.59 Å². The van der Waals surface area contributed by atoms with Crippen molar-refractivity contribution < 1.29 is 38.0 Å². The van der Waals surface area contributed by atoms with Crippen LogP contribution in [0.1, 0.15) is 77.3 Å². The van der Waals surface area contributed by atoms with Gasteiger partial charge in [-0.2, -0.15) is 0 Å². The number of aromatic nitrogens is 3. The lowest BCUT2D eigenvalue weighted by Gasteiger charge is -2.34. The highest BCUT2D eigenvalue weighted by molar-refractivity contribution is 5.79. The highest BCUT2D eigenvalue weighted by Crippen LogP contribution is 2.30. The Morgan fingerprint density at radius 2 is 1.48 bits per heavy atom. The average molecular weight is 742 g/mol. The highest BCUT2D eigenvalue weighted by Gasteiger charge is 2.35. The first-order valence-electron chi connectivity index (χ1n) is 18.9. The molecule has 1 aromatic rings. The Morgan fingerprint density at radius 1 is 0.846 bits per heavy atom. The summed E-state index contributed by atoms with van der Waals surface area (Å²) in [5.74, 6) is -0.0857. The molecule has 0 aromatic carbocycles. The van der Waals surface area contributed by atoms with Crippen LogP contribution in [-0.4, -0.2) is 164 Å². The van der Waals surface area contributed by atoms with E-state index < -0.39 is 12.2 Å². The van der Waals surface area contributed by atoms with Crippen LogP contribution in [0.15, 0.2) is 0 Å². The van der Waals surface area contributed by atoms with Crippen molar-refractivity contribution in [2.24, 2.45) is 10.8 Å². The molecule has 2 rings (SSSR count). The molecule has 2 N–H and O–H groups in total. The minimum absolute atomic E-state index is 0.0165. The van der Waals surface area contributed by atoms with E-state index in [-0.39, 0.29) is 35.5 Å². The third-order valence-corrected chi connectivity index (χ3v) is 8.75. The monoisotopic (exact) mass is 742 g/mol. The van der Waals surface area contributed by atoms with E-state index in [9.17, 15) is 9.59 Å². The maximum absolute atomic E-state index is 13.4. The molecule has 1 aliphatic heterocycles. The molecule has 0 bridgehead atoms. The molecule has 0 unspecified atom stereocenters. The highest BCUT2D eigenvalue weighted by atomic mass is 16.5. The number of nitrogens with zero attached hydrogens (tertiary/aromatic N) is 5. The summed E-state index contributed by atoms with van der Waals surface area (Å²) in [4.78, 5) is 29.9. The SMILES string of the molecule is CNCCCOCCOCCOCCCNC(=O)CCCC(=O)N1CCc2c(nnn2CC(C)(C)COCC(C)(C)CN(C)C)[C@H](OC)[C@@H](OC)C1. The molecule has 0 fully saturated rings. The number of carbonyl (C=O) groups is 2. The van der Waals surface area contributed by atoms with Crippen molar-refractivity contribution in [1.82, 2.24) is 35.4 Å². The molecular formula is C37H71N7O8. The standard InChI is InChI=1S/C37H71N7O8/c1-36(2,26-42(6)7)28-52-29-37(3,4)27-44-30-15-18-43(25-31(47-8)35(48-9)34(30)40-41-44)33(46)14-10-13-32(45)39-17-12-20-50-22-24-51-23-21-49-19-11-16-38-5/h31,35,38H,10-29H2,1-9H3,(H,39,45)/t31-,35+/m0/s1. The lowest BCUT2D eigenvalue weighted by molar-refractivity contribution is -0.135. The summed E-state index contributed by atoms with van der Waals surface area (Å²) in [6.07, 6.45) is 2.39. The van der Waals surface area contributed by atoms with Crippen molar-refractivity contribution in [3.63, 3.8) is 0 Å². The zero-order valence-electron chi connectivity index (χ0n) is 33.8. The molecule has 15 nitrogen and oxygen atoms in total. The largest absolute Gasteiger partial charge is 0.380 e. The van der Waals surface area contributed by atoms with Gasteiger partial charge in [-0.05, 0) is 47.0 Å². The molecule has 52 heavy (non-hydrogen) atoms. The number of ether oxygens (including phenoxy) is 6. The summed E-state index contributed by atoms with van der Waals surface area (Å²) in [5, 5.41) is 15.1. The number of rotatable bonds is 28. The van der Waals surface area contributed by atoms with Crippen molar-refractivity contribution in [2.75, 3.05) is 121 Å². The molecule has 2 heterocycles.